The Hall–Kier alpha value is -4.16. The molecule has 0 amide bonds. The number of H-pyrrole nitrogens is 1. The van der Waals surface area contributed by atoms with Gasteiger partial charge in [-0.2, -0.15) is 8.42 Å². The van der Waals surface area contributed by atoms with Crippen molar-refractivity contribution >= 4 is 43.3 Å². The van der Waals surface area contributed by atoms with Crippen LogP contribution in [-0.2, 0) is 23.5 Å². The van der Waals surface area contributed by atoms with Gasteiger partial charge in [-0.3, -0.25) is 9.78 Å². The number of unbranched alkanes of at least 4 members (excludes halogenated alkanes) is 1. The Morgan fingerprint density at radius 3 is 2.64 bits per heavy atom. The van der Waals surface area contributed by atoms with Gasteiger partial charge in [-0.05, 0) is 60.2 Å². The number of hydrogen-bond donors (Lipinski definition) is 1. The first-order valence-electron chi connectivity index (χ1n) is 12.8. The first-order chi connectivity index (χ1) is 18.6. The summed E-state index contributed by atoms with van der Waals surface area (Å²) in [5.74, 6) is 2.68. The summed E-state index contributed by atoms with van der Waals surface area (Å²) in [7, 11) is -5.21. The molecule has 3 aromatic heterocycles. The van der Waals surface area contributed by atoms with Crippen molar-refractivity contribution in [3.63, 3.8) is 0 Å². The molecule has 0 aliphatic heterocycles. The first-order valence-corrected chi connectivity index (χ1v) is 14.1. The molecule has 39 heavy (non-hydrogen) atoms. The fourth-order valence-electron chi connectivity index (χ4n) is 5.15. The van der Waals surface area contributed by atoms with Crippen LogP contribution < -0.4 is 9.61 Å². The van der Waals surface area contributed by atoms with Crippen molar-refractivity contribution in [2.75, 3.05) is 0 Å². The number of aryl methyl sites for hydroxylation is 1. The lowest BCUT2D eigenvalue weighted by Crippen LogP contribution is -2.13. The van der Waals surface area contributed by atoms with E-state index in [1.807, 2.05) is 30.3 Å². The van der Waals surface area contributed by atoms with E-state index in [2.05, 4.69) is 45.4 Å². The lowest BCUT2D eigenvalue weighted by atomic mass is 9.92. The van der Waals surface area contributed by atoms with Gasteiger partial charge in [-0.15, -0.1) is 6.42 Å². The third-order valence-electron chi connectivity index (χ3n) is 6.78. The van der Waals surface area contributed by atoms with E-state index in [4.69, 9.17) is 6.42 Å². The zero-order valence-electron chi connectivity index (χ0n) is 21.9. The number of pyridine rings is 2. The van der Waals surface area contributed by atoms with E-state index in [-0.39, 0.29) is 17.1 Å². The van der Waals surface area contributed by atoms with E-state index in [0.29, 0.717) is 34.9 Å². The molecule has 2 aromatic carbocycles. The van der Waals surface area contributed by atoms with Crippen LogP contribution in [0.15, 0.2) is 53.6 Å². The molecule has 200 valence electrons. The standard InChI is InChI=1S/C30H28FN3O4S/c1-5-7-10-34-27-15-24(21-13-22(17-32-16-21)38-39(31,36)37)20(11-18(3)4)14-25(27)29(35)28-23-9-8-19(6-2)12-26(23)33-30(28)34/h2,8-9,12-18,33H,5,7,10-11H2,1,3-4H3. The number of fused-ring (bicyclic) bond motifs is 4. The molecule has 0 aliphatic rings. The highest BCUT2D eigenvalue weighted by molar-refractivity contribution is 7.81. The lowest BCUT2D eigenvalue weighted by Gasteiger charge is -2.18. The van der Waals surface area contributed by atoms with E-state index >= 15 is 0 Å². The fraction of sp³-hybridized carbons (Fsp3) is 0.267. The average molecular weight is 546 g/mol. The minimum atomic E-state index is -5.21. The number of aromatic nitrogens is 3. The Morgan fingerprint density at radius 1 is 1.15 bits per heavy atom. The molecule has 3 heterocycles. The number of nitrogens with one attached hydrogen (secondary N) is 1. The van der Waals surface area contributed by atoms with E-state index < -0.39 is 10.5 Å². The van der Waals surface area contributed by atoms with Gasteiger partial charge in [0.2, 0.25) is 0 Å². The van der Waals surface area contributed by atoms with Crippen LogP contribution in [0.3, 0.4) is 0 Å². The summed E-state index contributed by atoms with van der Waals surface area (Å²) in [6, 6.07) is 10.9. The summed E-state index contributed by atoms with van der Waals surface area (Å²) < 4.78 is 42.0. The van der Waals surface area contributed by atoms with Gasteiger partial charge in [0.15, 0.2) is 11.2 Å². The minimum Gasteiger partial charge on any atom is -0.357 e. The largest absolute Gasteiger partial charge is 0.488 e. The van der Waals surface area contributed by atoms with Crippen molar-refractivity contribution in [1.82, 2.24) is 14.5 Å². The average Bonchev–Trinajstić information content (AvgIpc) is 3.26. The number of rotatable bonds is 8. The minimum absolute atomic E-state index is 0.0808. The first kappa shape index (κ1) is 26.4. The highest BCUT2D eigenvalue weighted by Gasteiger charge is 2.20. The van der Waals surface area contributed by atoms with Gasteiger partial charge < -0.3 is 13.7 Å². The van der Waals surface area contributed by atoms with E-state index in [1.165, 1.54) is 6.07 Å². The smallest absolute Gasteiger partial charge is 0.357 e. The molecule has 0 saturated carbocycles. The zero-order valence-corrected chi connectivity index (χ0v) is 22.7. The second-order valence-electron chi connectivity index (χ2n) is 10.1. The van der Waals surface area contributed by atoms with Crippen molar-refractivity contribution < 1.29 is 16.5 Å². The predicted molar refractivity (Wildman–Crippen MR) is 153 cm³/mol. The van der Waals surface area contributed by atoms with Crippen LogP contribution in [0, 0.1) is 18.3 Å². The van der Waals surface area contributed by atoms with Crippen LogP contribution in [0.5, 0.6) is 5.75 Å². The normalized spacial score (nSPS) is 12.0. The topological polar surface area (TPSA) is 94.1 Å². The van der Waals surface area contributed by atoms with E-state index in [1.54, 1.807) is 6.20 Å². The molecule has 0 radical (unpaired) electrons. The molecular weight excluding hydrogens is 517 g/mol. The Balaban J connectivity index is 1.86. The second kappa shape index (κ2) is 10.2. The molecule has 0 unspecified atom stereocenters. The van der Waals surface area contributed by atoms with Crippen LogP contribution in [0.1, 0.15) is 44.7 Å². The lowest BCUT2D eigenvalue weighted by molar-refractivity contribution is 0.439. The van der Waals surface area contributed by atoms with Gasteiger partial charge in [0.1, 0.15) is 5.65 Å². The molecular formula is C30H28FN3O4S. The summed E-state index contributed by atoms with van der Waals surface area (Å²) >= 11 is 0. The van der Waals surface area contributed by atoms with E-state index in [0.717, 1.165) is 52.1 Å². The predicted octanol–water partition coefficient (Wildman–Crippen LogP) is 6.27. The molecule has 7 nitrogen and oxygen atoms in total. The highest BCUT2D eigenvalue weighted by Crippen LogP contribution is 2.34. The molecule has 0 spiro atoms. The molecule has 0 saturated heterocycles. The molecule has 0 bridgehead atoms. The van der Waals surface area contributed by atoms with Crippen LogP contribution >= 0.6 is 0 Å². The Kier molecular flexibility index (Phi) is 6.91. The Morgan fingerprint density at radius 2 is 1.95 bits per heavy atom. The third kappa shape index (κ3) is 5.12. The monoisotopic (exact) mass is 545 g/mol. The van der Waals surface area contributed by atoms with Crippen LogP contribution in [0.4, 0.5) is 3.89 Å². The Labute approximate surface area is 226 Å². The quantitative estimate of drug-likeness (QED) is 0.183. The van der Waals surface area contributed by atoms with E-state index in [9.17, 15) is 17.1 Å². The van der Waals surface area contributed by atoms with Gasteiger partial charge in [0.25, 0.3) is 0 Å². The fourth-order valence-corrected chi connectivity index (χ4v) is 5.47. The second-order valence-corrected chi connectivity index (χ2v) is 11.1. The molecule has 0 atom stereocenters. The maximum absolute atomic E-state index is 14.0. The molecule has 0 fully saturated rings. The number of benzene rings is 2. The third-order valence-corrected chi connectivity index (χ3v) is 7.17. The van der Waals surface area contributed by atoms with Gasteiger partial charge >= 0.3 is 10.5 Å². The summed E-state index contributed by atoms with van der Waals surface area (Å²) in [6.07, 6.45) is 10.8. The van der Waals surface area contributed by atoms with Crippen LogP contribution in [-0.4, -0.2) is 23.0 Å². The summed E-state index contributed by atoms with van der Waals surface area (Å²) in [6.45, 7) is 6.93. The maximum Gasteiger partial charge on any atom is 0.488 e. The summed E-state index contributed by atoms with van der Waals surface area (Å²) in [4.78, 5) is 21.5. The molecule has 5 aromatic rings. The molecule has 5 rings (SSSR count). The SMILES string of the molecule is C#Cc1ccc2c(c1)[nH]c1c2c(=O)c2cc(CC(C)C)c(-c3cncc(OS(=O)(=O)F)c3)cc2n1CCCC. The Bertz CT molecular complexity index is 1950. The summed E-state index contributed by atoms with van der Waals surface area (Å²) in [5, 5.41) is 2.02. The number of terminal acetylenes is 1. The maximum atomic E-state index is 14.0. The number of nitrogens with zero attached hydrogens (tertiary/aromatic N) is 2. The van der Waals surface area contributed by atoms with Crippen molar-refractivity contribution in [3.05, 3.63) is 70.1 Å². The van der Waals surface area contributed by atoms with Crippen molar-refractivity contribution in [3.8, 4) is 29.2 Å². The van der Waals surface area contributed by atoms with Gasteiger partial charge in [-0.25, -0.2) is 0 Å². The number of aromatic amines is 1. The number of halogens is 1. The summed E-state index contributed by atoms with van der Waals surface area (Å²) in [5.41, 5.74) is 5.09. The van der Waals surface area contributed by atoms with Crippen molar-refractivity contribution in [2.45, 2.75) is 46.6 Å². The van der Waals surface area contributed by atoms with Gasteiger partial charge in [0.05, 0.1) is 17.1 Å². The van der Waals surface area contributed by atoms with Crippen molar-refractivity contribution in [2.24, 2.45) is 5.92 Å². The molecule has 0 aliphatic carbocycles. The highest BCUT2D eigenvalue weighted by atomic mass is 32.3. The molecule has 9 heteroatoms. The molecule has 1 N–H and O–H groups in total. The zero-order chi connectivity index (χ0) is 27.9. The van der Waals surface area contributed by atoms with Crippen LogP contribution in [0.25, 0.3) is 44.0 Å². The van der Waals surface area contributed by atoms with Gasteiger partial charge in [-0.1, -0.05) is 43.1 Å². The number of hydrogen-bond acceptors (Lipinski definition) is 5. The van der Waals surface area contributed by atoms with Crippen molar-refractivity contribution in [1.29, 1.82) is 0 Å². The van der Waals surface area contributed by atoms with Gasteiger partial charge in [0, 0.05) is 40.2 Å². The van der Waals surface area contributed by atoms with Crippen LogP contribution in [0.2, 0.25) is 0 Å².